The normalized spacial score (nSPS) is 14.2. The first-order valence-electron chi connectivity index (χ1n) is 11.6. The zero-order valence-corrected chi connectivity index (χ0v) is 19.3. The fourth-order valence-corrected chi connectivity index (χ4v) is 3.93. The molecule has 0 saturated carbocycles. The zero-order chi connectivity index (χ0) is 24.6. The largest absolute Gasteiger partial charge is 0.492 e. The highest BCUT2D eigenvalue weighted by atomic mass is 16.6. The Hall–Kier alpha value is -3.70. The summed E-state index contributed by atoms with van der Waals surface area (Å²) < 4.78 is 17.7. The van der Waals surface area contributed by atoms with Crippen molar-refractivity contribution in [2.75, 3.05) is 39.5 Å². The van der Waals surface area contributed by atoms with Crippen LogP contribution in [0.1, 0.15) is 18.4 Å². The Kier molecular flexibility index (Phi) is 8.11. The second-order valence-electron chi connectivity index (χ2n) is 8.26. The van der Waals surface area contributed by atoms with Crippen LogP contribution in [0.25, 0.3) is 11.1 Å². The van der Waals surface area contributed by atoms with E-state index in [1.807, 2.05) is 24.3 Å². The predicted molar refractivity (Wildman–Crippen MR) is 127 cm³/mol. The van der Waals surface area contributed by atoms with Crippen LogP contribution >= 0.6 is 0 Å². The van der Waals surface area contributed by atoms with E-state index in [1.165, 1.54) is 22.8 Å². The van der Waals surface area contributed by atoms with Gasteiger partial charge in [0.2, 0.25) is 5.91 Å². The number of ether oxygens (including phenoxy) is 2. The minimum atomic E-state index is -0.605. The third-order valence-electron chi connectivity index (χ3n) is 5.82. The van der Waals surface area contributed by atoms with Gasteiger partial charge in [0.25, 0.3) is 5.69 Å². The second kappa shape index (κ2) is 11.6. The van der Waals surface area contributed by atoms with Crippen LogP contribution in [0.15, 0.2) is 51.7 Å². The van der Waals surface area contributed by atoms with Gasteiger partial charge in [-0.05, 0) is 30.2 Å². The molecule has 1 aliphatic heterocycles. The first kappa shape index (κ1) is 24.4. The number of aromatic nitrogens is 1. The van der Waals surface area contributed by atoms with Crippen LogP contribution in [0.2, 0.25) is 0 Å². The first-order valence-corrected chi connectivity index (χ1v) is 11.6. The molecule has 0 radical (unpaired) electrons. The zero-order valence-electron chi connectivity index (χ0n) is 19.3. The number of nitrogens with zero attached hydrogens (tertiary/aromatic N) is 3. The molecule has 1 saturated heterocycles. The lowest BCUT2D eigenvalue weighted by atomic mass is 10.2. The average molecular weight is 485 g/mol. The summed E-state index contributed by atoms with van der Waals surface area (Å²) in [4.78, 5) is 37.1. The number of nitrogens with one attached hydrogen (secondary N) is 1. The smallest absolute Gasteiger partial charge is 0.419 e. The molecular formula is C24H28N4O7. The quantitative estimate of drug-likeness (QED) is 0.324. The van der Waals surface area contributed by atoms with Crippen molar-refractivity contribution < 1.29 is 23.6 Å². The maximum Gasteiger partial charge on any atom is 0.419 e. The third kappa shape index (κ3) is 6.67. The summed E-state index contributed by atoms with van der Waals surface area (Å²) in [7, 11) is 0. The molecule has 1 aromatic heterocycles. The number of carbonyl (C=O) groups excluding carboxylic acids is 1. The summed E-state index contributed by atoms with van der Waals surface area (Å²) >= 11 is 0. The summed E-state index contributed by atoms with van der Waals surface area (Å²) in [6.45, 7) is 5.43. The fraction of sp³-hybridized carbons (Fsp3) is 0.417. The summed E-state index contributed by atoms with van der Waals surface area (Å²) in [5, 5.41) is 13.8. The van der Waals surface area contributed by atoms with Crippen LogP contribution in [-0.2, 0) is 22.6 Å². The van der Waals surface area contributed by atoms with Crippen molar-refractivity contribution >= 4 is 22.7 Å². The number of nitro groups is 1. The number of hydrogen-bond donors (Lipinski definition) is 1. The molecule has 0 aliphatic carbocycles. The summed E-state index contributed by atoms with van der Waals surface area (Å²) in [6.07, 6.45) is 0.643. The van der Waals surface area contributed by atoms with Gasteiger partial charge in [-0.2, -0.15) is 0 Å². The topological polar surface area (TPSA) is 129 Å². The van der Waals surface area contributed by atoms with Crippen LogP contribution in [0.5, 0.6) is 5.75 Å². The molecule has 4 rings (SSSR count). The number of rotatable bonds is 11. The maximum absolute atomic E-state index is 12.3. The van der Waals surface area contributed by atoms with Crippen molar-refractivity contribution in [2.45, 2.75) is 25.9 Å². The van der Waals surface area contributed by atoms with Gasteiger partial charge in [0.15, 0.2) is 5.58 Å². The molecule has 3 aromatic rings. The Bertz CT molecular complexity index is 1230. The van der Waals surface area contributed by atoms with Gasteiger partial charge >= 0.3 is 5.76 Å². The molecule has 186 valence electrons. The molecule has 1 amide bonds. The molecule has 1 fully saturated rings. The van der Waals surface area contributed by atoms with Gasteiger partial charge < -0.3 is 19.2 Å². The number of aryl methyl sites for hydroxylation is 1. The molecule has 2 heterocycles. The van der Waals surface area contributed by atoms with E-state index in [-0.39, 0.29) is 30.1 Å². The number of carbonyl (C=O) groups is 1. The van der Waals surface area contributed by atoms with E-state index in [0.717, 1.165) is 44.2 Å². The van der Waals surface area contributed by atoms with Gasteiger partial charge in [-0.15, -0.1) is 0 Å². The minimum absolute atomic E-state index is 0.139. The van der Waals surface area contributed by atoms with Crippen LogP contribution in [0.4, 0.5) is 5.69 Å². The van der Waals surface area contributed by atoms with E-state index in [2.05, 4.69) is 10.2 Å². The summed E-state index contributed by atoms with van der Waals surface area (Å²) in [6, 6.07) is 11.6. The molecule has 0 atom stereocenters. The van der Waals surface area contributed by atoms with Gasteiger partial charge in [-0.1, -0.05) is 12.1 Å². The monoisotopic (exact) mass is 484 g/mol. The van der Waals surface area contributed by atoms with Crippen molar-refractivity contribution in [3.63, 3.8) is 0 Å². The number of benzene rings is 2. The molecule has 0 bridgehead atoms. The molecular weight excluding hydrogens is 456 g/mol. The van der Waals surface area contributed by atoms with Gasteiger partial charge in [0.1, 0.15) is 12.4 Å². The lowest BCUT2D eigenvalue weighted by Gasteiger charge is -2.26. The first-order chi connectivity index (χ1) is 17.0. The lowest BCUT2D eigenvalue weighted by Crippen LogP contribution is -2.38. The number of morpholine rings is 1. The molecule has 2 aromatic carbocycles. The van der Waals surface area contributed by atoms with Gasteiger partial charge in [-0.25, -0.2) is 4.79 Å². The van der Waals surface area contributed by atoms with Crippen molar-refractivity contribution in [1.82, 2.24) is 14.8 Å². The Morgan fingerprint density at radius 3 is 2.77 bits per heavy atom. The van der Waals surface area contributed by atoms with E-state index < -0.39 is 10.7 Å². The Labute approximate surface area is 201 Å². The second-order valence-corrected chi connectivity index (χ2v) is 8.26. The molecule has 1 aliphatic rings. The molecule has 1 N–H and O–H groups in total. The standard InChI is InChI=1S/C24H28N4O7/c29-23(5-2-8-27-21-7-6-19(28(31)32)16-22(21)35-24(27)30)25-17-18-3-1-4-20(15-18)34-14-11-26-9-12-33-13-10-26/h1,3-4,6-7,15-16H,2,5,8-14,17H2,(H,25,29). The van der Waals surface area contributed by atoms with Gasteiger partial charge in [-0.3, -0.25) is 24.4 Å². The molecule has 0 unspecified atom stereocenters. The van der Waals surface area contributed by atoms with Crippen LogP contribution in [0, 0.1) is 10.1 Å². The van der Waals surface area contributed by atoms with Crippen LogP contribution < -0.4 is 15.8 Å². The van der Waals surface area contributed by atoms with E-state index in [4.69, 9.17) is 13.9 Å². The maximum atomic E-state index is 12.3. The molecule has 35 heavy (non-hydrogen) atoms. The summed E-state index contributed by atoms with van der Waals surface area (Å²) in [5.74, 6) is 0.0166. The fourth-order valence-electron chi connectivity index (χ4n) is 3.93. The van der Waals surface area contributed by atoms with E-state index in [9.17, 15) is 19.7 Å². The Morgan fingerprint density at radius 2 is 1.97 bits per heavy atom. The highest BCUT2D eigenvalue weighted by Gasteiger charge is 2.14. The number of hydrogen-bond acceptors (Lipinski definition) is 8. The van der Waals surface area contributed by atoms with E-state index >= 15 is 0 Å². The lowest BCUT2D eigenvalue weighted by molar-refractivity contribution is -0.384. The van der Waals surface area contributed by atoms with Crippen molar-refractivity contribution in [1.29, 1.82) is 0 Å². The highest BCUT2D eigenvalue weighted by Crippen LogP contribution is 2.20. The number of fused-ring (bicyclic) bond motifs is 1. The number of oxazole rings is 1. The van der Waals surface area contributed by atoms with E-state index in [0.29, 0.717) is 25.1 Å². The number of amides is 1. The van der Waals surface area contributed by atoms with Gasteiger partial charge in [0.05, 0.1) is 29.7 Å². The number of non-ortho nitro benzene ring substituents is 1. The van der Waals surface area contributed by atoms with Crippen LogP contribution in [-0.4, -0.2) is 59.8 Å². The molecule has 11 nitrogen and oxygen atoms in total. The average Bonchev–Trinajstić information content (AvgIpc) is 3.18. The van der Waals surface area contributed by atoms with E-state index in [1.54, 1.807) is 0 Å². The third-order valence-corrected chi connectivity index (χ3v) is 5.82. The SMILES string of the molecule is O=C(CCCn1c(=O)oc2cc([N+](=O)[O-])ccc21)NCc1cccc(OCCN2CCOCC2)c1. The predicted octanol–water partition coefficient (Wildman–Crippen LogP) is 2.31. The summed E-state index contributed by atoms with van der Waals surface area (Å²) in [5.41, 5.74) is 1.40. The van der Waals surface area contributed by atoms with Crippen LogP contribution in [0.3, 0.4) is 0 Å². The minimum Gasteiger partial charge on any atom is -0.492 e. The molecule has 0 spiro atoms. The molecule has 11 heteroatoms. The van der Waals surface area contributed by atoms with Gasteiger partial charge in [0, 0.05) is 45.2 Å². The van der Waals surface area contributed by atoms with Crippen molar-refractivity contribution in [2.24, 2.45) is 0 Å². The Balaban J connectivity index is 1.21. The Morgan fingerprint density at radius 1 is 1.14 bits per heavy atom. The van der Waals surface area contributed by atoms with Crippen molar-refractivity contribution in [3.05, 3.63) is 68.7 Å². The van der Waals surface area contributed by atoms with Crippen molar-refractivity contribution in [3.8, 4) is 5.75 Å². The number of nitro benzene ring substituents is 1. The highest BCUT2D eigenvalue weighted by molar-refractivity contribution is 5.76.